The van der Waals surface area contributed by atoms with E-state index in [2.05, 4.69) is 46.9 Å². The van der Waals surface area contributed by atoms with Gasteiger partial charge in [-0.15, -0.1) is 11.3 Å². The minimum absolute atomic E-state index is 0.0484. The summed E-state index contributed by atoms with van der Waals surface area (Å²) in [7, 11) is 1.72. The second-order valence-electron chi connectivity index (χ2n) is 6.41. The molecule has 0 saturated carbocycles. The third-order valence-electron chi connectivity index (χ3n) is 3.65. The fraction of sp³-hybridized carbons (Fsp3) is 0.625. The van der Waals surface area contributed by atoms with Crippen molar-refractivity contribution >= 4 is 27.4 Å². The molecular formula is C16H25N3OS. The van der Waals surface area contributed by atoms with Gasteiger partial charge in [-0.3, -0.25) is 0 Å². The van der Waals surface area contributed by atoms with Gasteiger partial charge < -0.3 is 10.1 Å². The number of hydrogen-bond donors (Lipinski definition) is 1. The number of methoxy groups -OCH3 is 1. The maximum Gasteiger partial charge on any atom is 0.161 e. The first-order chi connectivity index (χ1) is 9.79. The molecule has 4 nitrogen and oxygen atoms in total. The van der Waals surface area contributed by atoms with Crippen LogP contribution in [-0.4, -0.2) is 23.6 Å². The summed E-state index contributed by atoms with van der Waals surface area (Å²) in [5.74, 6) is 1.68. The summed E-state index contributed by atoms with van der Waals surface area (Å²) in [4.78, 5) is 11.9. The van der Waals surface area contributed by atoms with Gasteiger partial charge in [0, 0.05) is 18.5 Å². The molecule has 0 bridgehead atoms. The van der Waals surface area contributed by atoms with Crippen molar-refractivity contribution in [3.8, 4) is 0 Å². The highest BCUT2D eigenvalue weighted by atomic mass is 32.1. The first-order valence-electron chi connectivity index (χ1n) is 7.33. The molecule has 0 radical (unpaired) electrons. The monoisotopic (exact) mass is 307 g/mol. The van der Waals surface area contributed by atoms with Crippen LogP contribution in [0.4, 0.5) is 5.82 Å². The van der Waals surface area contributed by atoms with Crippen LogP contribution in [0.1, 0.15) is 50.1 Å². The molecule has 1 N–H and O–H groups in total. The van der Waals surface area contributed by atoms with Crippen LogP contribution in [0.3, 0.4) is 0 Å². The molecule has 21 heavy (non-hydrogen) atoms. The van der Waals surface area contributed by atoms with Gasteiger partial charge >= 0.3 is 0 Å². The summed E-state index contributed by atoms with van der Waals surface area (Å²) < 4.78 is 5.67. The third kappa shape index (κ3) is 3.04. The van der Waals surface area contributed by atoms with Crippen LogP contribution in [0, 0.1) is 19.3 Å². The van der Waals surface area contributed by atoms with Crippen molar-refractivity contribution < 1.29 is 4.74 Å². The Bertz CT molecular complexity index is 643. The summed E-state index contributed by atoms with van der Waals surface area (Å²) in [5, 5.41) is 4.52. The van der Waals surface area contributed by atoms with E-state index in [1.165, 1.54) is 10.4 Å². The maximum atomic E-state index is 5.67. The number of fused-ring (bicyclic) bond motifs is 1. The maximum absolute atomic E-state index is 5.67. The lowest BCUT2D eigenvalue weighted by Gasteiger charge is -2.28. The minimum Gasteiger partial charge on any atom is -0.373 e. The van der Waals surface area contributed by atoms with Gasteiger partial charge in [-0.2, -0.15) is 0 Å². The zero-order valence-electron chi connectivity index (χ0n) is 14.0. The Morgan fingerprint density at radius 3 is 2.43 bits per heavy atom. The largest absolute Gasteiger partial charge is 0.373 e. The SMILES string of the molecule is CCNc1nc(C(OC)C(C)(C)C)nc2sc(C)c(C)c12. The average molecular weight is 307 g/mol. The number of nitrogens with zero attached hydrogens (tertiary/aromatic N) is 2. The van der Waals surface area contributed by atoms with Crippen molar-refractivity contribution in [1.82, 2.24) is 9.97 Å². The second-order valence-corrected chi connectivity index (χ2v) is 7.61. The topological polar surface area (TPSA) is 47.0 Å². The Kier molecular flexibility index (Phi) is 4.54. The summed E-state index contributed by atoms with van der Waals surface area (Å²) in [6.45, 7) is 13.6. The standard InChI is InChI=1S/C16H25N3OS/c1-8-17-13-11-9(2)10(3)21-15(11)19-14(18-13)12(20-7)16(4,5)6/h12H,8H2,1-7H3,(H,17,18,19). The summed E-state index contributed by atoms with van der Waals surface area (Å²) in [6, 6.07) is 0. The molecule has 0 spiro atoms. The fourth-order valence-corrected chi connectivity index (χ4v) is 3.56. The molecule has 0 aliphatic rings. The quantitative estimate of drug-likeness (QED) is 0.905. The van der Waals surface area contributed by atoms with E-state index >= 15 is 0 Å². The van der Waals surface area contributed by atoms with Crippen molar-refractivity contribution in [3.63, 3.8) is 0 Å². The average Bonchev–Trinajstić information content (AvgIpc) is 2.64. The Labute approximate surface area is 131 Å². The van der Waals surface area contributed by atoms with Gasteiger partial charge in [0.05, 0.1) is 5.39 Å². The van der Waals surface area contributed by atoms with Crippen LogP contribution in [0.5, 0.6) is 0 Å². The van der Waals surface area contributed by atoms with E-state index in [4.69, 9.17) is 14.7 Å². The van der Waals surface area contributed by atoms with E-state index in [0.29, 0.717) is 0 Å². The molecule has 2 aromatic heterocycles. The van der Waals surface area contributed by atoms with E-state index in [1.54, 1.807) is 18.4 Å². The van der Waals surface area contributed by atoms with Crippen LogP contribution in [0.15, 0.2) is 0 Å². The smallest absolute Gasteiger partial charge is 0.161 e. The predicted molar refractivity (Wildman–Crippen MR) is 90.3 cm³/mol. The summed E-state index contributed by atoms with van der Waals surface area (Å²) >= 11 is 1.72. The van der Waals surface area contributed by atoms with Crippen LogP contribution >= 0.6 is 11.3 Å². The lowest BCUT2D eigenvalue weighted by molar-refractivity contribution is 0.00904. The van der Waals surface area contributed by atoms with E-state index in [9.17, 15) is 0 Å². The fourth-order valence-electron chi connectivity index (χ4n) is 2.53. The van der Waals surface area contributed by atoms with Gasteiger partial charge in [-0.1, -0.05) is 20.8 Å². The first kappa shape index (κ1) is 16.2. The van der Waals surface area contributed by atoms with Crippen molar-refractivity contribution in [1.29, 1.82) is 0 Å². The molecule has 0 fully saturated rings. The molecule has 0 amide bonds. The van der Waals surface area contributed by atoms with Crippen LogP contribution in [0.2, 0.25) is 0 Å². The zero-order valence-corrected chi connectivity index (χ0v) is 14.8. The third-order valence-corrected chi connectivity index (χ3v) is 4.75. The highest BCUT2D eigenvalue weighted by Crippen LogP contribution is 2.38. The number of aryl methyl sites for hydroxylation is 2. The number of thiophene rings is 1. The molecule has 2 aromatic rings. The number of anilines is 1. The van der Waals surface area contributed by atoms with E-state index in [0.717, 1.165) is 28.4 Å². The number of rotatable bonds is 4. The second kappa shape index (κ2) is 5.89. The van der Waals surface area contributed by atoms with E-state index in [1.807, 2.05) is 0 Å². The van der Waals surface area contributed by atoms with Gasteiger partial charge in [-0.05, 0) is 31.7 Å². The molecule has 5 heteroatoms. The normalized spacial score (nSPS) is 13.7. The molecule has 0 saturated heterocycles. The molecule has 0 aliphatic heterocycles. The molecule has 0 aliphatic carbocycles. The Hall–Kier alpha value is -1.20. The molecule has 1 unspecified atom stereocenters. The number of nitrogens with one attached hydrogen (secondary N) is 1. The zero-order chi connectivity index (χ0) is 15.8. The van der Waals surface area contributed by atoms with E-state index in [-0.39, 0.29) is 11.5 Å². The number of ether oxygens (including phenoxy) is 1. The van der Waals surface area contributed by atoms with Crippen LogP contribution < -0.4 is 5.32 Å². The Balaban J connectivity index is 2.66. The molecule has 2 heterocycles. The predicted octanol–water partition coefficient (Wildman–Crippen LogP) is 4.47. The molecule has 0 aromatic carbocycles. The lowest BCUT2D eigenvalue weighted by atomic mass is 9.88. The van der Waals surface area contributed by atoms with Gasteiger partial charge in [0.2, 0.25) is 0 Å². The lowest BCUT2D eigenvalue weighted by Crippen LogP contribution is -2.22. The molecule has 1 atom stereocenters. The van der Waals surface area contributed by atoms with Crippen molar-refractivity contribution in [2.24, 2.45) is 5.41 Å². The molecule has 116 valence electrons. The summed E-state index contributed by atoms with van der Waals surface area (Å²) in [6.07, 6.45) is -0.123. The van der Waals surface area contributed by atoms with Crippen molar-refractivity contribution in [2.45, 2.75) is 47.6 Å². The van der Waals surface area contributed by atoms with Gasteiger partial charge in [0.25, 0.3) is 0 Å². The Morgan fingerprint density at radius 1 is 1.24 bits per heavy atom. The van der Waals surface area contributed by atoms with Crippen LogP contribution in [-0.2, 0) is 4.74 Å². The van der Waals surface area contributed by atoms with Gasteiger partial charge in [0.15, 0.2) is 5.82 Å². The first-order valence-corrected chi connectivity index (χ1v) is 8.15. The Morgan fingerprint density at radius 2 is 1.90 bits per heavy atom. The highest BCUT2D eigenvalue weighted by Gasteiger charge is 2.30. The van der Waals surface area contributed by atoms with Gasteiger partial charge in [-0.25, -0.2) is 9.97 Å². The minimum atomic E-state index is -0.123. The number of aromatic nitrogens is 2. The highest BCUT2D eigenvalue weighted by molar-refractivity contribution is 7.18. The summed E-state index contributed by atoms with van der Waals surface area (Å²) in [5.41, 5.74) is 1.22. The van der Waals surface area contributed by atoms with Crippen molar-refractivity contribution in [3.05, 3.63) is 16.3 Å². The van der Waals surface area contributed by atoms with Crippen LogP contribution in [0.25, 0.3) is 10.2 Å². The molecular weight excluding hydrogens is 282 g/mol. The van der Waals surface area contributed by atoms with Gasteiger partial charge in [0.1, 0.15) is 16.8 Å². The number of hydrogen-bond acceptors (Lipinski definition) is 5. The molecule has 2 rings (SSSR count). The van der Waals surface area contributed by atoms with Crippen molar-refractivity contribution in [2.75, 3.05) is 19.0 Å². The van der Waals surface area contributed by atoms with E-state index < -0.39 is 0 Å².